The van der Waals surface area contributed by atoms with E-state index < -0.39 is 5.97 Å². The molecule has 2 heterocycles. The Morgan fingerprint density at radius 1 is 1.50 bits per heavy atom. The van der Waals surface area contributed by atoms with Gasteiger partial charge in [0.15, 0.2) is 0 Å². The van der Waals surface area contributed by atoms with Crippen molar-refractivity contribution in [3.63, 3.8) is 0 Å². The number of rotatable bonds is 4. The van der Waals surface area contributed by atoms with Gasteiger partial charge in [0.2, 0.25) is 0 Å². The number of furan rings is 1. The molecule has 1 atom stereocenters. The van der Waals surface area contributed by atoms with Crippen LogP contribution in [0.25, 0.3) is 0 Å². The molecule has 0 radical (unpaired) electrons. The Labute approximate surface area is 93.6 Å². The van der Waals surface area contributed by atoms with Gasteiger partial charge in [-0.05, 0) is 12.1 Å². The van der Waals surface area contributed by atoms with Crippen molar-refractivity contribution in [2.45, 2.75) is 12.5 Å². The minimum absolute atomic E-state index is 0.0630. The Bertz CT molecular complexity index is 330. The largest absolute Gasteiger partial charge is 0.481 e. The Kier molecular flexibility index (Phi) is 3.58. The van der Waals surface area contributed by atoms with E-state index in [0.29, 0.717) is 19.0 Å². The molecule has 1 unspecified atom stereocenters. The first-order valence-electron chi connectivity index (χ1n) is 5.34. The summed E-state index contributed by atoms with van der Waals surface area (Å²) in [4.78, 5) is 12.9. The number of nitrogens with zero attached hydrogens (tertiary/aromatic N) is 1. The molecule has 1 N–H and O–H groups in total. The maximum Gasteiger partial charge on any atom is 0.305 e. The normalized spacial score (nSPS) is 19.5. The van der Waals surface area contributed by atoms with Crippen LogP contribution in [0.2, 0.25) is 0 Å². The van der Waals surface area contributed by atoms with Gasteiger partial charge in [0, 0.05) is 13.1 Å². The average molecular weight is 225 g/mol. The molecule has 1 fully saturated rings. The molecule has 1 aliphatic rings. The van der Waals surface area contributed by atoms with Gasteiger partial charge in [-0.15, -0.1) is 0 Å². The molecule has 0 spiro atoms. The fraction of sp³-hybridized carbons (Fsp3) is 0.545. The van der Waals surface area contributed by atoms with Crippen molar-refractivity contribution in [3.8, 4) is 0 Å². The highest BCUT2D eigenvalue weighted by atomic mass is 16.5. The topological polar surface area (TPSA) is 62.9 Å². The van der Waals surface area contributed by atoms with Crippen LogP contribution in [0.1, 0.15) is 18.2 Å². The molecule has 88 valence electrons. The Morgan fingerprint density at radius 2 is 2.25 bits per heavy atom. The second-order valence-electron chi connectivity index (χ2n) is 3.78. The van der Waals surface area contributed by atoms with E-state index in [2.05, 4.69) is 4.90 Å². The van der Waals surface area contributed by atoms with Crippen molar-refractivity contribution in [1.29, 1.82) is 0 Å². The van der Waals surface area contributed by atoms with E-state index in [4.69, 9.17) is 14.3 Å². The van der Waals surface area contributed by atoms with Crippen molar-refractivity contribution in [2.75, 3.05) is 26.3 Å². The summed E-state index contributed by atoms with van der Waals surface area (Å²) in [5.41, 5.74) is 0. The van der Waals surface area contributed by atoms with Crippen LogP contribution in [0, 0.1) is 0 Å². The molecule has 0 bridgehead atoms. The molecule has 1 aromatic heterocycles. The van der Waals surface area contributed by atoms with Gasteiger partial charge in [0.1, 0.15) is 5.76 Å². The summed E-state index contributed by atoms with van der Waals surface area (Å²) in [6, 6.07) is 3.42. The van der Waals surface area contributed by atoms with E-state index in [0.717, 1.165) is 13.1 Å². The van der Waals surface area contributed by atoms with Crippen molar-refractivity contribution in [1.82, 2.24) is 4.90 Å². The first kappa shape index (κ1) is 11.2. The first-order chi connectivity index (χ1) is 7.77. The second-order valence-corrected chi connectivity index (χ2v) is 3.78. The van der Waals surface area contributed by atoms with E-state index in [9.17, 15) is 4.79 Å². The summed E-state index contributed by atoms with van der Waals surface area (Å²) in [6.45, 7) is 2.80. The minimum Gasteiger partial charge on any atom is -0.481 e. The Balaban J connectivity index is 2.10. The fourth-order valence-electron chi connectivity index (χ4n) is 1.95. The standard InChI is InChI=1S/C11H15NO4/c13-11(14)8-9(10-2-1-5-16-10)12-3-6-15-7-4-12/h1-2,5,9H,3-4,6-8H2,(H,13,14). The highest BCUT2D eigenvalue weighted by Gasteiger charge is 2.26. The third kappa shape index (κ3) is 2.62. The maximum atomic E-state index is 10.8. The minimum atomic E-state index is -0.812. The number of hydrogen-bond acceptors (Lipinski definition) is 4. The van der Waals surface area contributed by atoms with Gasteiger partial charge in [-0.2, -0.15) is 0 Å². The zero-order valence-electron chi connectivity index (χ0n) is 8.96. The van der Waals surface area contributed by atoms with Crippen LogP contribution in [0.5, 0.6) is 0 Å². The lowest BCUT2D eigenvalue weighted by atomic mass is 10.1. The van der Waals surface area contributed by atoms with Crippen LogP contribution < -0.4 is 0 Å². The number of morpholine rings is 1. The van der Waals surface area contributed by atoms with Crippen LogP contribution in [0.4, 0.5) is 0 Å². The molecule has 0 aromatic carbocycles. The van der Waals surface area contributed by atoms with Crippen molar-refractivity contribution < 1.29 is 19.1 Å². The number of carboxylic acid groups (broad SMARTS) is 1. The molecule has 5 heteroatoms. The lowest BCUT2D eigenvalue weighted by Crippen LogP contribution is -2.39. The molecular weight excluding hydrogens is 210 g/mol. The maximum absolute atomic E-state index is 10.8. The van der Waals surface area contributed by atoms with E-state index >= 15 is 0 Å². The highest BCUT2D eigenvalue weighted by Crippen LogP contribution is 2.25. The first-order valence-corrected chi connectivity index (χ1v) is 5.34. The predicted molar refractivity (Wildman–Crippen MR) is 56.1 cm³/mol. The molecule has 1 aromatic rings. The molecule has 0 aliphatic carbocycles. The molecular formula is C11H15NO4. The average Bonchev–Trinajstić information content (AvgIpc) is 2.80. The summed E-state index contributed by atoms with van der Waals surface area (Å²) in [6.07, 6.45) is 1.64. The third-order valence-corrected chi connectivity index (χ3v) is 2.73. The zero-order chi connectivity index (χ0) is 11.4. The van der Waals surface area contributed by atoms with Crippen LogP contribution in [0.15, 0.2) is 22.8 Å². The molecule has 0 saturated carbocycles. The van der Waals surface area contributed by atoms with Gasteiger partial charge in [0.05, 0.1) is 31.9 Å². The number of aliphatic carboxylic acids is 1. The predicted octanol–water partition coefficient (Wildman–Crippen LogP) is 1.13. The van der Waals surface area contributed by atoms with Crippen LogP contribution in [-0.4, -0.2) is 42.3 Å². The van der Waals surface area contributed by atoms with Crippen molar-refractivity contribution >= 4 is 5.97 Å². The summed E-state index contributed by atoms with van der Waals surface area (Å²) < 4.78 is 10.6. The fourth-order valence-corrected chi connectivity index (χ4v) is 1.95. The smallest absolute Gasteiger partial charge is 0.305 e. The summed E-state index contributed by atoms with van der Waals surface area (Å²) >= 11 is 0. The lowest BCUT2D eigenvalue weighted by Gasteiger charge is -2.32. The van der Waals surface area contributed by atoms with E-state index in [1.807, 2.05) is 6.07 Å². The number of carboxylic acids is 1. The summed E-state index contributed by atoms with van der Waals surface area (Å²) in [5.74, 6) is -0.0998. The quantitative estimate of drug-likeness (QED) is 0.832. The van der Waals surface area contributed by atoms with E-state index in [-0.39, 0.29) is 12.5 Å². The molecule has 1 aliphatic heterocycles. The monoisotopic (exact) mass is 225 g/mol. The SMILES string of the molecule is O=C(O)CC(c1ccco1)N1CCOCC1. The molecule has 5 nitrogen and oxygen atoms in total. The van der Waals surface area contributed by atoms with Gasteiger partial charge in [-0.3, -0.25) is 9.69 Å². The molecule has 1 saturated heterocycles. The van der Waals surface area contributed by atoms with Crippen LogP contribution in [0.3, 0.4) is 0 Å². The van der Waals surface area contributed by atoms with E-state index in [1.54, 1.807) is 12.3 Å². The van der Waals surface area contributed by atoms with Gasteiger partial charge in [-0.25, -0.2) is 0 Å². The van der Waals surface area contributed by atoms with Crippen LogP contribution >= 0.6 is 0 Å². The van der Waals surface area contributed by atoms with Gasteiger partial charge < -0.3 is 14.3 Å². The summed E-state index contributed by atoms with van der Waals surface area (Å²) in [5, 5.41) is 8.91. The second kappa shape index (κ2) is 5.14. The highest BCUT2D eigenvalue weighted by molar-refractivity contribution is 5.67. The number of carbonyl (C=O) groups is 1. The third-order valence-electron chi connectivity index (χ3n) is 2.73. The van der Waals surface area contributed by atoms with Crippen LogP contribution in [-0.2, 0) is 9.53 Å². The Morgan fingerprint density at radius 3 is 2.81 bits per heavy atom. The molecule has 0 amide bonds. The Hall–Kier alpha value is -1.33. The zero-order valence-corrected chi connectivity index (χ0v) is 8.96. The summed E-state index contributed by atoms with van der Waals surface area (Å²) in [7, 11) is 0. The van der Waals surface area contributed by atoms with Gasteiger partial charge in [0.25, 0.3) is 0 Å². The molecule has 16 heavy (non-hydrogen) atoms. The lowest BCUT2D eigenvalue weighted by molar-refractivity contribution is -0.139. The van der Waals surface area contributed by atoms with Crippen molar-refractivity contribution in [3.05, 3.63) is 24.2 Å². The number of hydrogen-bond donors (Lipinski definition) is 1. The van der Waals surface area contributed by atoms with E-state index in [1.165, 1.54) is 0 Å². The van der Waals surface area contributed by atoms with Crippen molar-refractivity contribution in [2.24, 2.45) is 0 Å². The number of ether oxygens (including phenoxy) is 1. The van der Waals surface area contributed by atoms with Gasteiger partial charge >= 0.3 is 5.97 Å². The molecule has 2 rings (SSSR count). The van der Waals surface area contributed by atoms with Gasteiger partial charge in [-0.1, -0.05) is 0 Å².